The Morgan fingerprint density at radius 3 is 2.43 bits per heavy atom. The van der Waals surface area contributed by atoms with Gasteiger partial charge < -0.3 is 15.5 Å². The third-order valence-corrected chi connectivity index (χ3v) is 4.62. The summed E-state index contributed by atoms with van der Waals surface area (Å²) < 4.78 is 1.90. The number of nitrogens with one attached hydrogen (secondary N) is 2. The summed E-state index contributed by atoms with van der Waals surface area (Å²) in [5.74, 6) is 0.589. The quantitative estimate of drug-likeness (QED) is 0.446. The second-order valence-corrected chi connectivity index (χ2v) is 7.12. The van der Waals surface area contributed by atoms with Crippen molar-refractivity contribution in [2.75, 3.05) is 20.6 Å². The Morgan fingerprint density at radius 2 is 1.73 bits per heavy atom. The van der Waals surface area contributed by atoms with Gasteiger partial charge in [0.05, 0.1) is 19.6 Å². The zero-order chi connectivity index (χ0) is 21.2. The topological polar surface area (TPSA) is 74.6 Å². The fraction of sp³-hybridized carbons (Fsp3) is 0.261. The van der Waals surface area contributed by atoms with Crippen LogP contribution in [0.15, 0.2) is 78.0 Å². The molecule has 0 atom stereocenters. The predicted molar refractivity (Wildman–Crippen MR) is 119 cm³/mol. The van der Waals surface area contributed by atoms with Crippen LogP contribution >= 0.6 is 0 Å². The summed E-state index contributed by atoms with van der Waals surface area (Å²) >= 11 is 0. The standard InChI is InChI=1S/C23H28N6O/c1-28(2)22(30)17-26-23(24-15-19-9-4-3-5-10-19)25-16-20-11-6-7-12-21(20)18-29-14-8-13-27-29/h3-14H,15-18H2,1-2H3,(H2,24,25,26). The highest BCUT2D eigenvalue weighted by Crippen LogP contribution is 2.10. The van der Waals surface area contributed by atoms with Gasteiger partial charge >= 0.3 is 0 Å². The first-order valence-electron chi connectivity index (χ1n) is 9.92. The van der Waals surface area contributed by atoms with E-state index in [0.717, 1.165) is 11.1 Å². The molecule has 0 aliphatic carbocycles. The van der Waals surface area contributed by atoms with E-state index in [1.165, 1.54) is 5.56 Å². The van der Waals surface area contributed by atoms with Gasteiger partial charge in [0.15, 0.2) is 5.96 Å². The summed E-state index contributed by atoms with van der Waals surface area (Å²) in [5.41, 5.74) is 3.44. The molecule has 30 heavy (non-hydrogen) atoms. The maximum Gasteiger partial charge on any atom is 0.241 e. The number of aromatic nitrogens is 2. The van der Waals surface area contributed by atoms with E-state index in [0.29, 0.717) is 25.6 Å². The lowest BCUT2D eigenvalue weighted by Crippen LogP contribution is -2.42. The van der Waals surface area contributed by atoms with Crippen molar-refractivity contribution in [1.82, 2.24) is 25.3 Å². The van der Waals surface area contributed by atoms with E-state index in [-0.39, 0.29) is 12.5 Å². The molecule has 0 spiro atoms. The second-order valence-electron chi connectivity index (χ2n) is 7.12. The molecule has 0 aliphatic heterocycles. The van der Waals surface area contributed by atoms with Crippen LogP contribution < -0.4 is 10.6 Å². The first-order chi connectivity index (χ1) is 14.6. The highest BCUT2D eigenvalue weighted by molar-refractivity contribution is 5.86. The molecule has 0 unspecified atom stereocenters. The molecule has 0 saturated carbocycles. The summed E-state index contributed by atoms with van der Waals surface area (Å²) in [6.07, 6.45) is 3.73. The van der Waals surface area contributed by atoms with Crippen LogP contribution in [0.2, 0.25) is 0 Å². The van der Waals surface area contributed by atoms with Crippen molar-refractivity contribution in [3.63, 3.8) is 0 Å². The van der Waals surface area contributed by atoms with Gasteiger partial charge in [0.25, 0.3) is 0 Å². The number of aliphatic imine (C=N–C) groups is 1. The van der Waals surface area contributed by atoms with E-state index in [9.17, 15) is 4.79 Å². The summed E-state index contributed by atoms with van der Waals surface area (Å²) in [4.78, 5) is 18.2. The normalized spacial score (nSPS) is 11.2. The van der Waals surface area contributed by atoms with E-state index in [4.69, 9.17) is 0 Å². The number of amides is 1. The Labute approximate surface area is 177 Å². The Bertz CT molecular complexity index is 951. The summed E-state index contributed by atoms with van der Waals surface area (Å²) in [5, 5.41) is 10.8. The molecular formula is C23H28N6O. The Morgan fingerprint density at radius 1 is 1.00 bits per heavy atom. The van der Waals surface area contributed by atoms with Crippen molar-refractivity contribution >= 4 is 11.9 Å². The number of guanidine groups is 1. The van der Waals surface area contributed by atoms with Crippen molar-refractivity contribution in [2.45, 2.75) is 19.6 Å². The van der Waals surface area contributed by atoms with Crippen LogP contribution in [0, 0.1) is 0 Å². The molecule has 7 nitrogen and oxygen atoms in total. The van der Waals surface area contributed by atoms with Crippen LogP contribution in [0.5, 0.6) is 0 Å². The fourth-order valence-electron chi connectivity index (χ4n) is 2.88. The Hall–Kier alpha value is -3.61. The maximum absolute atomic E-state index is 12.0. The molecule has 1 amide bonds. The van der Waals surface area contributed by atoms with Crippen LogP contribution in [0.3, 0.4) is 0 Å². The van der Waals surface area contributed by atoms with Crippen LogP contribution in [-0.4, -0.2) is 47.2 Å². The van der Waals surface area contributed by atoms with Crippen molar-refractivity contribution in [1.29, 1.82) is 0 Å². The summed E-state index contributed by atoms with van der Waals surface area (Å²) in [6, 6.07) is 20.2. The molecule has 1 aromatic heterocycles. The molecule has 0 fully saturated rings. The highest BCUT2D eigenvalue weighted by atomic mass is 16.2. The maximum atomic E-state index is 12.0. The molecule has 7 heteroatoms. The minimum absolute atomic E-state index is 0.0108. The highest BCUT2D eigenvalue weighted by Gasteiger charge is 2.08. The minimum Gasteiger partial charge on any atom is -0.352 e. The van der Waals surface area contributed by atoms with Gasteiger partial charge in [-0.05, 0) is 22.8 Å². The molecule has 0 radical (unpaired) electrons. The zero-order valence-electron chi connectivity index (χ0n) is 17.5. The van der Waals surface area contributed by atoms with Crippen molar-refractivity contribution < 1.29 is 4.79 Å². The fourth-order valence-corrected chi connectivity index (χ4v) is 2.88. The van der Waals surface area contributed by atoms with E-state index in [2.05, 4.69) is 32.9 Å². The third-order valence-electron chi connectivity index (χ3n) is 4.62. The molecule has 0 bridgehead atoms. The average molecular weight is 405 g/mol. The first-order valence-corrected chi connectivity index (χ1v) is 9.92. The van der Waals surface area contributed by atoms with Crippen LogP contribution in [0.25, 0.3) is 0 Å². The number of carbonyl (C=O) groups is 1. The lowest BCUT2D eigenvalue weighted by Gasteiger charge is -2.16. The molecule has 2 aromatic carbocycles. The van der Waals surface area contributed by atoms with Gasteiger partial charge in [-0.15, -0.1) is 0 Å². The van der Waals surface area contributed by atoms with Crippen molar-refractivity contribution in [3.8, 4) is 0 Å². The molecular weight excluding hydrogens is 376 g/mol. The van der Waals surface area contributed by atoms with Gasteiger partial charge in [-0.3, -0.25) is 9.48 Å². The number of carbonyl (C=O) groups excluding carboxylic acids is 1. The van der Waals surface area contributed by atoms with E-state index in [1.807, 2.05) is 59.4 Å². The summed E-state index contributed by atoms with van der Waals surface area (Å²) in [7, 11) is 3.48. The van der Waals surface area contributed by atoms with Crippen molar-refractivity contribution in [2.24, 2.45) is 4.99 Å². The Balaban J connectivity index is 1.68. The second kappa shape index (κ2) is 10.8. The third kappa shape index (κ3) is 6.48. The molecule has 0 aliphatic rings. The molecule has 0 saturated heterocycles. The monoisotopic (exact) mass is 404 g/mol. The van der Waals surface area contributed by atoms with E-state index in [1.54, 1.807) is 25.2 Å². The van der Waals surface area contributed by atoms with Gasteiger partial charge in [-0.2, -0.15) is 5.10 Å². The van der Waals surface area contributed by atoms with Crippen LogP contribution in [0.4, 0.5) is 0 Å². The van der Waals surface area contributed by atoms with Gasteiger partial charge in [-0.25, -0.2) is 4.99 Å². The van der Waals surface area contributed by atoms with E-state index >= 15 is 0 Å². The van der Waals surface area contributed by atoms with Crippen LogP contribution in [0.1, 0.15) is 16.7 Å². The van der Waals surface area contributed by atoms with Crippen molar-refractivity contribution in [3.05, 3.63) is 89.7 Å². The average Bonchev–Trinajstić information content (AvgIpc) is 3.27. The SMILES string of the molecule is CN(C)C(=O)CNC(=NCc1ccccc1)NCc1ccccc1Cn1cccn1. The van der Waals surface area contributed by atoms with E-state index < -0.39 is 0 Å². The number of nitrogens with zero attached hydrogens (tertiary/aromatic N) is 4. The number of rotatable bonds is 8. The number of benzene rings is 2. The van der Waals surface area contributed by atoms with Gasteiger partial charge in [0.2, 0.25) is 5.91 Å². The molecule has 156 valence electrons. The van der Waals surface area contributed by atoms with Crippen LogP contribution in [-0.2, 0) is 24.4 Å². The lowest BCUT2D eigenvalue weighted by molar-refractivity contribution is -0.127. The minimum atomic E-state index is -0.0108. The lowest BCUT2D eigenvalue weighted by atomic mass is 10.1. The molecule has 2 N–H and O–H groups in total. The van der Waals surface area contributed by atoms with Gasteiger partial charge in [0.1, 0.15) is 0 Å². The summed E-state index contributed by atoms with van der Waals surface area (Å²) in [6.45, 7) is 2.01. The largest absolute Gasteiger partial charge is 0.352 e. The molecule has 3 rings (SSSR count). The number of hydrogen-bond donors (Lipinski definition) is 2. The Kier molecular flexibility index (Phi) is 7.60. The molecule has 1 heterocycles. The first kappa shape index (κ1) is 21.1. The zero-order valence-corrected chi connectivity index (χ0v) is 17.5. The smallest absolute Gasteiger partial charge is 0.241 e. The number of likely N-dealkylation sites (N-methyl/N-ethyl adjacent to an activating group) is 1. The number of hydrogen-bond acceptors (Lipinski definition) is 3. The van der Waals surface area contributed by atoms with Gasteiger partial charge in [0, 0.05) is 33.0 Å². The van der Waals surface area contributed by atoms with Gasteiger partial charge in [-0.1, -0.05) is 54.6 Å². The predicted octanol–water partition coefficient (Wildman–Crippen LogP) is 2.25. The molecule has 3 aromatic rings.